The lowest BCUT2D eigenvalue weighted by atomic mass is 10.2. The van der Waals surface area contributed by atoms with Gasteiger partial charge in [0, 0.05) is 17.8 Å². The van der Waals surface area contributed by atoms with E-state index in [1.165, 1.54) is 36.4 Å². The molecule has 2 aromatic rings. The number of halogens is 1. The van der Waals surface area contributed by atoms with Crippen molar-refractivity contribution in [1.82, 2.24) is 0 Å². The summed E-state index contributed by atoms with van der Waals surface area (Å²) in [7, 11) is -3.68. The van der Waals surface area contributed by atoms with Crippen LogP contribution in [0.25, 0.3) is 0 Å². The second-order valence-corrected chi connectivity index (χ2v) is 6.01. The number of anilines is 1. The maximum atomic E-state index is 12.7. The highest BCUT2D eigenvalue weighted by Crippen LogP contribution is 2.16. The summed E-state index contributed by atoms with van der Waals surface area (Å²) in [6.45, 7) is 0. The Kier molecular flexibility index (Phi) is 4.18. The molecule has 0 saturated heterocycles. The first-order valence-corrected chi connectivity index (χ1v) is 7.50. The van der Waals surface area contributed by atoms with Crippen LogP contribution in [0.4, 0.5) is 15.8 Å². The minimum Gasteiger partial charge on any atom is -0.283 e. The van der Waals surface area contributed by atoms with Crippen molar-refractivity contribution in [2.75, 3.05) is 4.72 Å². The number of hydrogen-bond donors (Lipinski definition) is 1. The van der Waals surface area contributed by atoms with Crippen LogP contribution in [-0.2, 0) is 15.8 Å². The van der Waals surface area contributed by atoms with Gasteiger partial charge in [0.2, 0.25) is 10.0 Å². The van der Waals surface area contributed by atoms with E-state index in [9.17, 15) is 22.9 Å². The fourth-order valence-electron chi connectivity index (χ4n) is 1.67. The van der Waals surface area contributed by atoms with Gasteiger partial charge in [-0.1, -0.05) is 12.1 Å². The molecule has 0 amide bonds. The number of benzene rings is 2. The first-order chi connectivity index (χ1) is 9.85. The molecule has 0 aliphatic rings. The van der Waals surface area contributed by atoms with Crippen LogP contribution in [0.5, 0.6) is 0 Å². The van der Waals surface area contributed by atoms with Crippen LogP contribution in [-0.4, -0.2) is 13.3 Å². The molecule has 0 heterocycles. The van der Waals surface area contributed by atoms with E-state index in [4.69, 9.17) is 0 Å². The normalized spacial score (nSPS) is 11.1. The van der Waals surface area contributed by atoms with E-state index in [0.29, 0.717) is 5.56 Å². The lowest BCUT2D eigenvalue weighted by Gasteiger charge is -2.08. The fraction of sp³-hybridized carbons (Fsp3) is 0.0769. The van der Waals surface area contributed by atoms with Crippen LogP contribution >= 0.6 is 0 Å². The van der Waals surface area contributed by atoms with Crippen molar-refractivity contribution in [2.24, 2.45) is 0 Å². The topological polar surface area (TPSA) is 89.3 Å². The zero-order valence-electron chi connectivity index (χ0n) is 10.7. The summed E-state index contributed by atoms with van der Waals surface area (Å²) >= 11 is 0. The summed E-state index contributed by atoms with van der Waals surface area (Å²) in [4.78, 5) is 9.95. The Morgan fingerprint density at radius 1 is 1.05 bits per heavy atom. The third-order valence-corrected chi connectivity index (χ3v) is 3.88. The standard InChI is InChI=1S/C13H11FN2O4S/c14-11-3-5-12(6-4-11)15-21(19,20)9-10-1-7-13(8-2-10)16(17)18/h1-8,15H,9H2. The molecular formula is C13H11FN2O4S. The molecule has 2 aromatic carbocycles. The molecule has 21 heavy (non-hydrogen) atoms. The van der Waals surface area contributed by atoms with Gasteiger partial charge in [-0.15, -0.1) is 0 Å². The molecule has 0 fully saturated rings. The molecule has 0 spiro atoms. The summed E-state index contributed by atoms with van der Waals surface area (Å²) in [6, 6.07) is 10.1. The van der Waals surface area contributed by atoms with Gasteiger partial charge in [-0.2, -0.15) is 0 Å². The van der Waals surface area contributed by atoms with E-state index >= 15 is 0 Å². The number of nitrogens with zero attached hydrogens (tertiary/aromatic N) is 1. The summed E-state index contributed by atoms with van der Waals surface area (Å²) in [6.07, 6.45) is 0. The Bertz CT molecular complexity index is 743. The Hall–Kier alpha value is -2.48. The molecular weight excluding hydrogens is 299 g/mol. The average Bonchev–Trinajstić information content (AvgIpc) is 2.41. The van der Waals surface area contributed by atoms with Crippen molar-refractivity contribution >= 4 is 21.4 Å². The highest BCUT2D eigenvalue weighted by atomic mass is 32.2. The van der Waals surface area contributed by atoms with Crippen molar-refractivity contribution < 1.29 is 17.7 Å². The molecule has 0 aromatic heterocycles. The maximum Gasteiger partial charge on any atom is 0.269 e. The number of hydrogen-bond acceptors (Lipinski definition) is 4. The molecule has 0 radical (unpaired) electrons. The lowest BCUT2D eigenvalue weighted by molar-refractivity contribution is -0.384. The number of sulfonamides is 1. The van der Waals surface area contributed by atoms with Gasteiger partial charge < -0.3 is 0 Å². The number of non-ortho nitro benzene ring substituents is 1. The van der Waals surface area contributed by atoms with Crippen LogP contribution < -0.4 is 4.72 Å². The van der Waals surface area contributed by atoms with Crippen LogP contribution in [0.1, 0.15) is 5.56 Å². The summed E-state index contributed by atoms with van der Waals surface area (Å²) < 4.78 is 38.9. The van der Waals surface area contributed by atoms with Crippen molar-refractivity contribution in [3.8, 4) is 0 Å². The van der Waals surface area contributed by atoms with Gasteiger partial charge in [0.05, 0.1) is 10.7 Å². The lowest BCUT2D eigenvalue weighted by Crippen LogP contribution is -2.15. The number of nitro benzene ring substituents is 1. The van der Waals surface area contributed by atoms with E-state index < -0.39 is 20.8 Å². The van der Waals surface area contributed by atoms with Crippen molar-refractivity contribution in [3.05, 3.63) is 70.0 Å². The molecule has 8 heteroatoms. The molecule has 0 aliphatic carbocycles. The molecule has 0 aliphatic heterocycles. The third-order valence-electron chi connectivity index (χ3n) is 2.62. The largest absolute Gasteiger partial charge is 0.283 e. The maximum absolute atomic E-state index is 12.7. The van der Waals surface area contributed by atoms with E-state index in [1.54, 1.807) is 0 Å². The minimum absolute atomic E-state index is 0.109. The Balaban J connectivity index is 2.10. The van der Waals surface area contributed by atoms with Gasteiger partial charge in [-0.05, 0) is 29.8 Å². The molecule has 1 N–H and O–H groups in total. The molecule has 0 unspecified atom stereocenters. The van der Waals surface area contributed by atoms with Crippen LogP contribution in [0, 0.1) is 15.9 Å². The zero-order chi connectivity index (χ0) is 15.5. The quantitative estimate of drug-likeness (QED) is 0.679. The fourth-order valence-corrected chi connectivity index (χ4v) is 2.87. The first-order valence-electron chi connectivity index (χ1n) is 5.85. The third kappa shape index (κ3) is 4.25. The Morgan fingerprint density at radius 3 is 2.14 bits per heavy atom. The monoisotopic (exact) mass is 310 g/mol. The van der Waals surface area contributed by atoms with Gasteiger partial charge in [0.25, 0.3) is 5.69 Å². The molecule has 110 valence electrons. The first kappa shape index (κ1) is 14.9. The number of rotatable bonds is 5. The zero-order valence-corrected chi connectivity index (χ0v) is 11.5. The van der Waals surface area contributed by atoms with Crippen LogP contribution in [0.3, 0.4) is 0 Å². The molecule has 0 bridgehead atoms. The second-order valence-electron chi connectivity index (χ2n) is 4.29. The van der Waals surface area contributed by atoms with Gasteiger partial charge in [-0.25, -0.2) is 12.8 Å². The highest BCUT2D eigenvalue weighted by Gasteiger charge is 2.13. The Labute approximate surface area is 120 Å². The molecule has 0 atom stereocenters. The van der Waals surface area contributed by atoms with Gasteiger partial charge in [0.15, 0.2) is 0 Å². The minimum atomic E-state index is -3.68. The average molecular weight is 310 g/mol. The molecule has 2 rings (SSSR count). The van der Waals surface area contributed by atoms with Crippen LogP contribution in [0.2, 0.25) is 0 Å². The van der Waals surface area contributed by atoms with Crippen molar-refractivity contribution in [1.29, 1.82) is 0 Å². The van der Waals surface area contributed by atoms with E-state index in [2.05, 4.69) is 4.72 Å². The smallest absolute Gasteiger partial charge is 0.269 e. The SMILES string of the molecule is O=[N+]([O-])c1ccc(CS(=O)(=O)Nc2ccc(F)cc2)cc1. The predicted octanol–water partition coefficient (Wildman–Crippen LogP) is 2.68. The summed E-state index contributed by atoms with van der Waals surface area (Å²) in [5.74, 6) is -0.796. The summed E-state index contributed by atoms with van der Waals surface area (Å²) in [5, 5.41) is 10.5. The molecule has 6 nitrogen and oxygen atoms in total. The van der Waals surface area contributed by atoms with Gasteiger partial charge in [0.1, 0.15) is 5.82 Å². The Morgan fingerprint density at radius 2 is 1.62 bits per heavy atom. The van der Waals surface area contributed by atoms with Gasteiger partial charge in [-0.3, -0.25) is 14.8 Å². The van der Waals surface area contributed by atoms with E-state index in [1.807, 2.05) is 0 Å². The van der Waals surface area contributed by atoms with Gasteiger partial charge >= 0.3 is 0 Å². The molecule has 0 saturated carbocycles. The number of nitrogens with one attached hydrogen (secondary N) is 1. The number of nitro groups is 1. The van der Waals surface area contributed by atoms with E-state index in [-0.39, 0.29) is 17.1 Å². The highest BCUT2D eigenvalue weighted by molar-refractivity contribution is 7.91. The van der Waals surface area contributed by atoms with Crippen molar-refractivity contribution in [2.45, 2.75) is 5.75 Å². The van der Waals surface area contributed by atoms with E-state index in [0.717, 1.165) is 12.1 Å². The second kappa shape index (κ2) is 5.88. The van der Waals surface area contributed by atoms with Crippen molar-refractivity contribution in [3.63, 3.8) is 0 Å². The predicted molar refractivity (Wildman–Crippen MR) is 75.7 cm³/mol. The summed E-state index contributed by atoms with van der Waals surface area (Å²) in [5.41, 5.74) is 0.552. The van der Waals surface area contributed by atoms with Crippen LogP contribution in [0.15, 0.2) is 48.5 Å².